The van der Waals surface area contributed by atoms with Gasteiger partial charge in [-0.1, -0.05) is 13.8 Å². The third-order valence-corrected chi connectivity index (χ3v) is 5.56. The summed E-state index contributed by atoms with van der Waals surface area (Å²) < 4.78 is 19.0. The van der Waals surface area contributed by atoms with Gasteiger partial charge in [-0.15, -0.1) is 0 Å². The van der Waals surface area contributed by atoms with Crippen LogP contribution in [0.25, 0.3) is 16.5 Å². The molecule has 1 aromatic carbocycles. The largest absolute Gasteiger partial charge is 0.462 e. The van der Waals surface area contributed by atoms with Crippen LogP contribution >= 0.6 is 0 Å². The summed E-state index contributed by atoms with van der Waals surface area (Å²) in [5.41, 5.74) is 2.87. The predicted octanol–water partition coefficient (Wildman–Crippen LogP) is 4.35. The minimum Gasteiger partial charge on any atom is -0.462 e. The number of aryl methyl sites for hydroxylation is 1. The number of rotatable bonds is 3. The zero-order valence-corrected chi connectivity index (χ0v) is 18.0. The van der Waals surface area contributed by atoms with Gasteiger partial charge in [-0.05, 0) is 49.2 Å². The normalized spacial score (nSPS) is 15.3. The quantitative estimate of drug-likeness (QED) is 0.638. The van der Waals surface area contributed by atoms with Crippen molar-refractivity contribution in [3.05, 3.63) is 71.1 Å². The van der Waals surface area contributed by atoms with Crippen LogP contribution in [-0.4, -0.2) is 39.9 Å². The van der Waals surface area contributed by atoms with E-state index in [1.807, 2.05) is 19.9 Å². The number of amides is 1. The van der Waals surface area contributed by atoms with Crippen molar-refractivity contribution in [2.45, 2.75) is 33.1 Å². The van der Waals surface area contributed by atoms with Crippen molar-refractivity contribution in [1.29, 1.82) is 0 Å². The summed E-state index contributed by atoms with van der Waals surface area (Å²) in [5.74, 6) is -1.20. The van der Waals surface area contributed by atoms with Crippen LogP contribution in [0.15, 0.2) is 42.9 Å². The van der Waals surface area contributed by atoms with Gasteiger partial charge >= 0.3 is 5.97 Å². The van der Waals surface area contributed by atoms with Crippen LogP contribution in [0.2, 0.25) is 0 Å². The number of ether oxygens (including phenoxy) is 1. The first-order valence-electron chi connectivity index (χ1n) is 10.2. The van der Waals surface area contributed by atoms with Gasteiger partial charge in [0, 0.05) is 35.3 Å². The molecule has 3 heterocycles. The van der Waals surface area contributed by atoms with E-state index >= 15 is 0 Å². The van der Waals surface area contributed by atoms with Gasteiger partial charge in [0.2, 0.25) is 0 Å². The number of nitrogens with one attached hydrogen (secondary N) is 1. The van der Waals surface area contributed by atoms with Crippen molar-refractivity contribution >= 4 is 28.4 Å². The molecule has 1 aliphatic rings. The lowest BCUT2D eigenvalue weighted by Crippen LogP contribution is -2.37. The summed E-state index contributed by atoms with van der Waals surface area (Å²) in [6.07, 6.45) is 4.96. The Morgan fingerprint density at radius 1 is 1.29 bits per heavy atom. The van der Waals surface area contributed by atoms with Gasteiger partial charge in [-0.2, -0.15) is 0 Å². The predicted molar refractivity (Wildman–Crippen MR) is 116 cm³/mol. The number of fused-ring (bicyclic) bond motifs is 3. The van der Waals surface area contributed by atoms with Crippen LogP contribution in [0.3, 0.4) is 0 Å². The van der Waals surface area contributed by atoms with Gasteiger partial charge in [0.1, 0.15) is 5.82 Å². The van der Waals surface area contributed by atoms with Gasteiger partial charge in [-0.3, -0.25) is 9.78 Å². The average Bonchev–Trinajstić information content (AvgIpc) is 3.07. The molecule has 2 aromatic heterocycles. The zero-order chi connectivity index (χ0) is 22.3. The molecular formula is C24H24FN3O3. The number of H-pyrrole nitrogens is 1. The first-order valence-corrected chi connectivity index (χ1v) is 10.2. The second-order valence-electron chi connectivity index (χ2n) is 8.34. The fourth-order valence-electron chi connectivity index (χ4n) is 4.16. The van der Waals surface area contributed by atoms with E-state index in [9.17, 15) is 14.0 Å². The molecule has 0 fully saturated rings. The van der Waals surface area contributed by atoms with Crippen molar-refractivity contribution in [2.75, 3.05) is 13.2 Å². The number of halogens is 1. The highest BCUT2D eigenvalue weighted by atomic mass is 19.1. The summed E-state index contributed by atoms with van der Waals surface area (Å²) in [4.78, 5) is 35.2. The van der Waals surface area contributed by atoms with Crippen LogP contribution in [0.1, 0.15) is 48.0 Å². The number of aromatic amines is 1. The Morgan fingerprint density at radius 2 is 2.06 bits per heavy atom. The molecule has 160 valence electrons. The molecule has 0 atom stereocenters. The maximum atomic E-state index is 13.7. The summed E-state index contributed by atoms with van der Waals surface area (Å²) in [6, 6.07) is 6.16. The molecule has 3 aromatic rings. The minimum absolute atomic E-state index is 0.210. The first-order chi connectivity index (χ1) is 14.7. The maximum Gasteiger partial charge on any atom is 0.341 e. The van der Waals surface area contributed by atoms with E-state index in [2.05, 4.69) is 9.97 Å². The van der Waals surface area contributed by atoms with E-state index in [1.54, 1.807) is 26.2 Å². The Hall–Kier alpha value is -3.48. The van der Waals surface area contributed by atoms with Crippen molar-refractivity contribution in [3.8, 4) is 0 Å². The van der Waals surface area contributed by atoms with Gasteiger partial charge in [0.15, 0.2) is 0 Å². The molecule has 1 N–H and O–H groups in total. The summed E-state index contributed by atoms with van der Waals surface area (Å²) in [5, 5.41) is 0.942. The molecule has 0 unspecified atom stereocenters. The highest BCUT2D eigenvalue weighted by molar-refractivity contribution is 6.18. The van der Waals surface area contributed by atoms with Gasteiger partial charge < -0.3 is 14.6 Å². The summed E-state index contributed by atoms with van der Waals surface area (Å²) >= 11 is 0. The van der Waals surface area contributed by atoms with Crippen molar-refractivity contribution in [3.63, 3.8) is 0 Å². The average molecular weight is 421 g/mol. The van der Waals surface area contributed by atoms with Crippen LogP contribution in [0, 0.1) is 12.7 Å². The van der Waals surface area contributed by atoms with Crippen molar-refractivity contribution < 1.29 is 18.7 Å². The molecular weight excluding hydrogens is 397 g/mol. The molecule has 6 nitrogen and oxygen atoms in total. The molecule has 1 aliphatic heterocycles. The number of carbonyl (C=O) groups excluding carboxylic acids is 2. The Bertz CT molecular complexity index is 1230. The summed E-state index contributed by atoms with van der Waals surface area (Å²) in [7, 11) is 0. The SMILES string of the molecule is CCOC(=O)C1=CN(C(=O)c2ccc(F)c(C)c2)CC(C)(C)c2c1[nH]c1cnccc21. The Labute approximate surface area is 179 Å². The molecule has 0 spiro atoms. The lowest BCUT2D eigenvalue weighted by molar-refractivity contribution is -0.136. The second kappa shape index (κ2) is 7.65. The molecule has 0 radical (unpaired) electrons. The van der Waals surface area contributed by atoms with Gasteiger partial charge in [0.05, 0.1) is 29.6 Å². The monoisotopic (exact) mass is 421 g/mol. The van der Waals surface area contributed by atoms with E-state index in [-0.39, 0.29) is 23.9 Å². The van der Waals surface area contributed by atoms with E-state index in [1.165, 1.54) is 29.3 Å². The topological polar surface area (TPSA) is 75.3 Å². The number of hydrogen-bond donors (Lipinski definition) is 1. The van der Waals surface area contributed by atoms with Crippen molar-refractivity contribution in [1.82, 2.24) is 14.9 Å². The molecule has 1 amide bonds. The number of benzene rings is 1. The van der Waals surface area contributed by atoms with Gasteiger partial charge in [0.25, 0.3) is 5.91 Å². The van der Waals surface area contributed by atoms with Crippen LogP contribution in [0.4, 0.5) is 4.39 Å². The second-order valence-corrected chi connectivity index (χ2v) is 8.34. The Morgan fingerprint density at radius 3 is 2.77 bits per heavy atom. The number of aromatic nitrogens is 2. The molecule has 0 aliphatic carbocycles. The minimum atomic E-state index is -0.519. The lowest BCUT2D eigenvalue weighted by atomic mass is 9.82. The Kier molecular flexibility index (Phi) is 5.13. The van der Waals surface area contributed by atoms with E-state index in [4.69, 9.17) is 4.74 Å². The lowest BCUT2D eigenvalue weighted by Gasteiger charge is -2.29. The highest BCUT2D eigenvalue weighted by Gasteiger charge is 2.37. The standard InChI is InChI=1S/C24H24FN3O3/c1-5-31-23(30)17-12-28(22(29)15-6-7-18(25)14(2)10-15)13-24(3,4)20-16-8-9-26-11-19(16)27-21(17)20/h6-12,27H,5,13H2,1-4H3. The Balaban J connectivity index is 1.89. The molecule has 0 saturated carbocycles. The summed E-state index contributed by atoms with van der Waals surface area (Å²) in [6.45, 7) is 7.94. The first kappa shape index (κ1) is 20.8. The third kappa shape index (κ3) is 3.60. The smallest absolute Gasteiger partial charge is 0.341 e. The van der Waals surface area contributed by atoms with E-state index < -0.39 is 11.4 Å². The molecule has 0 saturated heterocycles. The number of esters is 1. The van der Waals surface area contributed by atoms with Gasteiger partial charge in [-0.25, -0.2) is 9.18 Å². The fraction of sp³-hybridized carbons (Fsp3) is 0.292. The van der Waals surface area contributed by atoms with Crippen molar-refractivity contribution in [2.24, 2.45) is 0 Å². The maximum absolute atomic E-state index is 13.7. The molecule has 31 heavy (non-hydrogen) atoms. The van der Waals surface area contributed by atoms with Crippen LogP contribution < -0.4 is 0 Å². The number of hydrogen-bond acceptors (Lipinski definition) is 4. The third-order valence-electron chi connectivity index (χ3n) is 5.56. The molecule has 7 heteroatoms. The number of pyridine rings is 1. The number of nitrogens with zero attached hydrogens (tertiary/aromatic N) is 2. The van der Waals surface area contributed by atoms with Crippen LogP contribution in [-0.2, 0) is 14.9 Å². The number of carbonyl (C=O) groups is 2. The van der Waals surface area contributed by atoms with E-state index in [0.717, 1.165) is 16.5 Å². The van der Waals surface area contributed by atoms with E-state index in [0.29, 0.717) is 23.4 Å². The fourth-order valence-corrected chi connectivity index (χ4v) is 4.16. The zero-order valence-electron chi connectivity index (χ0n) is 18.0. The highest BCUT2D eigenvalue weighted by Crippen LogP contribution is 2.40. The molecule has 4 rings (SSSR count). The van der Waals surface area contributed by atoms with Crippen LogP contribution in [0.5, 0.6) is 0 Å². The molecule has 0 bridgehead atoms.